The van der Waals surface area contributed by atoms with Crippen LogP contribution in [0.25, 0.3) is 22.2 Å². The molecule has 0 radical (unpaired) electrons. The van der Waals surface area contributed by atoms with Crippen LogP contribution in [-0.2, 0) is 13.0 Å². The molecule has 0 amide bonds. The lowest BCUT2D eigenvalue weighted by molar-refractivity contribution is 0.0697. The van der Waals surface area contributed by atoms with Gasteiger partial charge >= 0.3 is 5.97 Å². The van der Waals surface area contributed by atoms with Crippen LogP contribution in [0.3, 0.4) is 0 Å². The average molecular weight is 388 g/mol. The molecule has 2 aliphatic rings. The van der Waals surface area contributed by atoms with Crippen molar-refractivity contribution in [3.63, 3.8) is 0 Å². The molecule has 2 heterocycles. The Morgan fingerprint density at radius 2 is 1.86 bits per heavy atom. The molecular formula is C24H24N2O3. The minimum absolute atomic E-state index is 0.279. The van der Waals surface area contributed by atoms with Crippen LogP contribution in [-0.4, -0.2) is 21.7 Å². The van der Waals surface area contributed by atoms with E-state index in [1.807, 2.05) is 18.2 Å². The number of aromatic nitrogens is 1. The van der Waals surface area contributed by atoms with Gasteiger partial charge in [-0.3, -0.25) is 0 Å². The van der Waals surface area contributed by atoms with E-state index in [4.69, 9.17) is 0 Å². The molecule has 1 atom stereocenters. The lowest BCUT2D eigenvalue weighted by Crippen LogP contribution is -2.14. The lowest BCUT2D eigenvalue weighted by atomic mass is 9.81. The van der Waals surface area contributed by atoms with Crippen LogP contribution < -0.4 is 0 Å². The second-order valence-electron chi connectivity index (χ2n) is 8.37. The number of rotatable bonds is 3. The second kappa shape index (κ2) is 7.14. The van der Waals surface area contributed by atoms with E-state index in [9.17, 15) is 14.8 Å². The number of aromatic carboxylic acids is 1. The van der Waals surface area contributed by atoms with Crippen molar-refractivity contribution in [3.05, 3.63) is 64.1 Å². The van der Waals surface area contributed by atoms with Gasteiger partial charge in [0.15, 0.2) is 0 Å². The number of nitroso groups, excluding NO2 is 1. The summed E-state index contributed by atoms with van der Waals surface area (Å²) in [4.78, 5) is 23.2. The number of carboxylic acids is 1. The van der Waals surface area contributed by atoms with Crippen LogP contribution in [0.5, 0.6) is 0 Å². The number of hydrogen-bond acceptors (Lipinski definition) is 3. The summed E-state index contributed by atoms with van der Waals surface area (Å²) < 4.78 is 2.17. The molecular weight excluding hydrogens is 364 g/mol. The fourth-order valence-electron chi connectivity index (χ4n) is 5.32. The summed E-state index contributed by atoms with van der Waals surface area (Å²) >= 11 is 0. The van der Waals surface area contributed by atoms with Gasteiger partial charge in [0.25, 0.3) is 0 Å². The normalized spacial score (nSPS) is 19.4. The quantitative estimate of drug-likeness (QED) is 0.581. The summed E-state index contributed by atoms with van der Waals surface area (Å²) in [5.74, 6) is -0.465. The van der Waals surface area contributed by atoms with E-state index >= 15 is 0 Å². The van der Waals surface area contributed by atoms with Crippen LogP contribution >= 0.6 is 0 Å². The van der Waals surface area contributed by atoms with E-state index in [-0.39, 0.29) is 11.6 Å². The van der Waals surface area contributed by atoms with Gasteiger partial charge in [0.1, 0.15) is 6.04 Å². The smallest absolute Gasteiger partial charge is 0.335 e. The Morgan fingerprint density at radius 1 is 1.07 bits per heavy atom. The molecule has 1 aliphatic carbocycles. The van der Waals surface area contributed by atoms with E-state index in [2.05, 4.69) is 21.9 Å². The fourth-order valence-corrected chi connectivity index (χ4v) is 5.32. The highest BCUT2D eigenvalue weighted by Gasteiger charge is 2.31. The molecule has 5 nitrogen and oxygen atoms in total. The predicted molar refractivity (Wildman–Crippen MR) is 113 cm³/mol. The highest BCUT2D eigenvalue weighted by atomic mass is 16.4. The van der Waals surface area contributed by atoms with Crippen molar-refractivity contribution in [2.24, 2.45) is 5.18 Å². The van der Waals surface area contributed by atoms with Crippen molar-refractivity contribution in [2.75, 3.05) is 0 Å². The van der Waals surface area contributed by atoms with Crippen LogP contribution in [0.4, 0.5) is 0 Å². The van der Waals surface area contributed by atoms with Crippen molar-refractivity contribution in [1.29, 1.82) is 0 Å². The first-order chi connectivity index (χ1) is 14.2. The molecule has 5 heteroatoms. The number of benzene rings is 2. The standard InChI is InChI=1S/C24H24N2O3/c27-24(28)17-10-11-20-21(13-17)26-14-18(25-29)12-16-8-4-5-9-19(16)23(26)22(20)15-6-2-1-3-7-15/h4-5,8-11,13,15,18H,1-3,6-7,12,14H2,(H,27,28). The molecule has 0 saturated heterocycles. The maximum Gasteiger partial charge on any atom is 0.335 e. The zero-order valence-electron chi connectivity index (χ0n) is 16.3. The Labute approximate surface area is 169 Å². The summed E-state index contributed by atoms with van der Waals surface area (Å²) in [6, 6.07) is 13.4. The predicted octanol–water partition coefficient (Wildman–Crippen LogP) is 5.75. The molecule has 5 rings (SSSR count). The van der Waals surface area contributed by atoms with Crippen LogP contribution in [0.1, 0.15) is 59.5 Å². The van der Waals surface area contributed by atoms with E-state index in [1.54, 1.807) is 12.1 Å². The second-order valence-corrected chi connectivity index (χ2v) is 8.37. The van der Waals surface area contributed by atoms with Crippen LogP contribution in [0, 0.1) is 4.91 Å². The van der Waals surface area contributed by atoms with E-state index in [1.165, 1.54) is 24.8 Å². The van der Waals surface area contributed by atoms with E-state index in [0.717, 1.165) is 40.6 Å². The van der Waals surface area contributed by atoms with Gasteiger partial charge in [0.05, 0.1) is 11.3 Å². The zero-order chi connectivity index (χ0) is 20.0. The highest BCUT2D eigenvalue weighted by molar-refractivity contribution is 5.98. The zero-order valence-corrected chi connectivity index (χ0v) is 16.3. The van der Waals surface area contributed by atoms with Crippen molar-refractivity contribution >= 4 is 16.9 Å². The number of fused-ring (bicyclic) bond motifs is 5. The SMILES string of the molecule is O=NC1Cc2ccccc2-c2c(C3CCCCC3)c3ccc(C(=O)O)cc3n2C1. The molecule has 1 aliphatic heterocycles. The Morgan fingerprint density at radius 3 is 2.62 bits per heavy atom. The van der Waals surface area contributed by atoms with Gasteiger partial charge in [-0.05, 0) is 42.0 Å². The molecule has 0 spiro atoms. The first-order valence-electron chi connectivity index (χ1n) is 10.5. The van der Waals surface area contributed by atoms with E-state index < -0.39 is 5.97 Å². The largest absolute Gasteiger partial charge is 0.478 e. The van der Waals surface area contributed by atoms with Crippen molar-refractivity contribution < 1.29 is 9.90 Å². The monoisotopic (exact) mass is 388 g/mol. The van der Waals surface area contributed by atoms with Crippen LogP contribution in [0.15, 0.2) is 47.6 Å². The minimum atomic E-state index is -0.930. The first-order valence-corrected chi connectivity index (χ1v) is 10.5. The van der Waals surface area contributed by atoms with E-state index in [0.29, 0.717) is 18.9 Å². The topological polar surface area (TPSA) is 71.7 Å². The Kier molecular flexibility index (Phi) is 4.46. The summed E-state index contributed by atoms with van der Waals surface area (Å²) in [6.07, 6.45) is 6.66. The molecule has 3 aromatic rings. The molecule has 1 N–H and O–H groups in total. The Bertz CT molecular complexity index is 1110. The maximum atomic E-state index is 11.6. The summed E-state index contributed by atoms with van der Waals surface area (Å²) in [6.45, 7) is 0.486. The molecule has 29 heavy (non-hydrogen) atoms. The van der Waals surface area contributed by atoms with Gasteiger partial charge in [-0.25, -0.2) is 4.79 Å². The molecule has 1 aromatic heterocycles. The summed E-state index contributed by atoms with van der Waals surface area (Å²) in [5, 5.41) is 14.1. The number of nitrogens with zero attached hydrogens (tertiary/aromatic N) is 2. The highest BCUT2D eigenvalue weighted by Crippen LogP contribution is 2.46. The maximum absolute atomic E-state index is 11.6. The number of carboxylic acid groups (broad SMARTS) is 1. The number of carbonyl (C=O) groups is 1. The molecule has 1 saturated carbocycles. The molecule has 1 unspecified atom stereocenters. The van der Waals surface area contributed by atoms with Gasteiger partial charge in [0.2, 0.25) is 0 Å². The Balaban J connectivity index is 1.86. The van der Waals surface area contributed by atoms with Crippen molar-refractivity contribution in [1.82, 2.24) is 4.57 Å². The average Bonchev–Trinajstić information content (AvgIpc) is 2.97. The Hall–Kier alpha value is -2.95. The minimum Gasteiger partial charge on any atom is -0.478 e. The molecule has 2 aromatic carbocycles. The van der Waals surface area contributed by atoms with Crippen molar-refractivity contribution in [3.8, 4) is 11.3 Å². The molecule has 1 fully saturated rings. The van der Waals surface area contributed by atoms with Gasteiger partial charge in [-0.1, -0.05) is 54.8 Å². The van der Waals surface area contributed by atoms with Gasteiger partial charge < -0.3 is 9.67 Å². The van der Waals surface area contributed by atoms with Gasteiger partial charge in [-0.15, -0.1) is 0 Å². The first kappa shape index (κ1) is 18.1. The lowest BCUT2D eigenvalue weighted by Gasteiger charge is -2.23. The third-order valence-corrected chi connectivity index (χ3v) is 6.63. The van der Waals surface area contributed by atoms with Crippen LogP contribution in [0.2, 0.25) is 0 Å². The third-order valence-electron chi connectivity index (χ3n) is 6.63. The summed E-state index contributed by atoms with van der Waals surface area (Å²) in [5.41, 5.74) is 5.99. The number of hydrogen-bond donors (Lipinski definition) is 1. The third kappa shape index (κ3) is 2.96. The van der Waals surface area contributed by atoms with Gasteiger partial charge in [0, 0.05) is 29.4 Å². The summed E-state index contributed by atoms with van der Waals surface area (Å²) in [7, 11) is 0. The van der Waals surface area contributed by atoms with Crippen molar-refractivity contribution in [2.45, 2.75) is 57.0 Å². The fraction of sp³-hybridized carbons (Fsp3) is 0.375. The molecule has 148 valence electrons. The van der Waals surface area contributed by atoms with Gasteiger partial charge in [-0.2, -0.15) is 4.91 Å². The molecule has 0 bridgehead atoms.